The van der Waals surface area contributed by atoms with Crippen molar-refractivity contribution in [3.05, 3.63) is 28.8 Å². The molecule has 0 radical (unpaired) electrons. The maximum atomic E-state index is 11.8. The second-order valence-electron chi connectivity index (χ2n) is 4.20. The molecule has 1 atom stereocenters. The van der Waals surface area contributed by atoms with E-state index in [2.05, 4.69) is 12.2 Å². The lowest BCUT2D eigenvalue weighted by Gasteiger charge is -2.13. The Morgan fingerprint density at radius 2 is 2.24 bits per heavy atom. The highest BCUT2D eigenvalue weighted by atomic mass is 35.5. The minimum Gasteiger partial charge on any atom is -0.324 e. The van der Waals surface area contributed by atoms with E-state index < -0.39 is 6.04 Å². The van der Waals surface area contributed by atoms with Gasteiger partial charge in [0.15, 0.2) is 0 Å². The highest BCUT2D eigenvalue weighted by Crippen LogP contribution is 2.19. The molecule has 3 N–H and O–H groups in total. The van der Waals surface area contributed by atoms with Crippen LogP contribution in [0.4, 0.5) is 5.69 Å². The third-order valence-corrected chi connectivity index (χ3v) is 2.89. The van der Waals surface area contributed by atoms with Gasteiger partial charge in [-0.3, -0.25) is 4.79 Å². The van der Waals surface area contributed by atoms with E-state index in [9.17, 15) is 4.79 Å². The number of hydrogen-bond donors (Lipinski definition) is 2. The number of amides is 1. The van der Waals surface area contributed by atoms with Crippen LogP contribution in [-0.2, 0) is 4.79 Å². The van der Waals surface area contributed by atoms with E-state index >= 15 is 0 Å². The van der Waals surface area contributed by atoms with Gasteiger partial charge in [-0.15, -0.1) is 0 Å². The number of halogens is 1. The lowest BCUT2D eigenvalue weighted by Crippen LogP contribution is -2.35. The van der Waals surface area contributed by atoms with Crippen molar-refractivity contribution in [2.75, 3.05) is 5.32 Å². The molecule has 1 rings (SSSR count). The van der Waals surface area contributed by atoms with Gasteiger partial charge in [-0.05, 0) is 37.1 Å². The number of nitrogens with one attached hydrogen (secondary N) is 1. The zero-order chi connectivity index (χ0) is 12.8. The van der Waals surface area contributed by atoms with Crippen molar-refractivity contribution in [1.29, 1.82) is 0 Å². The summed E-state index contributed by atoms with van der Waals surface area (Å²) in [5.74, 6) is -0.135. The van der Waals surface area contributed by atoms with E-state index in [1.165, 1.54) is 0 Å². The van der Waals surface area contributed by atoms with Gasteiger partial charge in [-0.25, -0.2) is 0 Å². The fraction of sp³-hybridized carbons (Fsp3) is 0.462. The number of nitrogens with two attached hydrogens (primary N) is 1. The first-order valence-corrected chi connectivity index (χ1v) is 6.25. The molecule has 4 heteroatoms. The number of aryl methyl sites for hydroxylation is 1. The molecule has 0 aromatic heterocycles. The van der Waals surface area contributed by atoms with Gasteiger partial charge in [0, 0.05) is 10.7 Å². The van der Waals surface area contributed by atoms with Gasteiger partial charge in [-0.2, -0.15) is 0 Å². The second-order valence-corrected chi connectivity index (χ2v) is 4.63. The molecule has 0 aliphatic rings. The minimum atomic E-state index is -0.440. The zero-order valence-corrected chi connectivity index (χ0v) is 11.1. The highest BCUT2D eigenvalue weighted by molar-refractivity contribution is 6.30. The Bertz CT molecular complexity index is 393. The average molecular weight is 255 g/mol. The number of carbonyl (C=O) groups excluding carboxylic acids is 1. The lowest BCUT2D eigenvalue weighted by molar-refractivity contribution is -0.117. The van der Waals surface area contributed by atoms with E-state index in [1.54, 1.807) is 12.1 Å². The Hall–Kier alpha value is -1.06. The van der Waals surface area contributed by atoms with Crippen molar-refractivity contribution in [1.82, 2.24) is 0 Å². The summed E-state index contributed by atoms with van der Waals surface area (Å²) in [5, 5.41) is 3.49. The Labute approximate surface area is 107 Å². The molecule has 0 saturated carbocycles. The molecular formula is C13H19ClN2O. The van der Waals surface area contributed by atoms with Crippen LogP contribution in [0.1, 0.15) is 31.7 Å². The Morgan fingerprint density at radius 1 is 1.53 bits per heavy atom. The third kappa shape index (κ3) is 4.36. The number of hydrogen-bond acceptors (Lipinski definition) is 2. The monoisotopic (exact) mass is 254 g/mol. The molecule has 0 saturated heterocycles. The fourth-order valence-corrected chi connectivity index (χ4v) is 1.77. The predicted molar refractivity (Wildman–Crippen MR) is 72.3 cm³/mol. The third-order valence-electron chi connectivity index (χ3n) is 2.65. The van der Waals surface area contributed by atoms with Crippen LogP contribution < -0.4 is 11.1 Å². The maximum Gasteiger partial charge on any atom is 0.241 e. The molecule has 0 fully saturated rings. The van der Waals surface area contributed by atoms with Gasteiger partial charge >= 0.3 is 0 Å². The number of unbranched alkanes of at least 4 members (excludes halogenated alkanes) is 1. The van der Waals surface area contributed by atoms with Crippen LogP contribution in [0.25, 0.3) is 0 Å². The van der Waals surface area contributed by atoms with Crippen molar-refractivity contribution in [2.24, 2.45) is 5.73 Å². The molecule has 17 heavy (non-hydrogen) atoms. The van der Waals surface area contributed by atoms with Gasteiger partial charge < -0.3 is 11.1 Å². The molecule has 1 unspecified atom stereocenters. The number of anilines is 1. The van der Waals surface area contributed by atoms with Crippen molar-refractivity contribution in [3.8, 4) is 0 Å². The SMILES string of the molecule is CCCCC(N)C(=O)Nc1ccc(Cl)cc1C. The van der Waals surface area contributed by atoms with Crippen LogP contribution in [0.5, 0.6) is 0 Å². The lowest BCUT2D eigenvalue weighted by atomic mass is 10.1. The fourth-order valence-electron chi connectivity index (χ4n) is 1.55. The molecule has 0 aliphatic heterocycles. The summed E-state index contributed by atoms with van der Waals surface area (Å²) in [6.07, 6.45) is 2.73. The quantitative estimate of drug-likeness (QED) is 0.848. The Balaban J connectivity index is 2.61. The van der Waals surface area contributed by atoms with Crippen LogP contribution in [0.15, 0.2) is 18.2 Å². The first kappa shape index (κ1) is 14.0. The summed E-state index contributed by atoms with van der Waals surface area (Å²) in [5.41, 5.74) is 7.50. The molecule has 3 nitrogen and oxygen atoms in total. The van der Waals surface area contributed by atoms with E-state index in [0.29, 0.717) is 5.02 Å². The number of benzene rings is 1. The van der Waals surface area contributed by atoms with Crippen molar-refractivity contribution < 1.29 is 4.79 Å². The van der Waals surface area contributed by atoms with E-state index in [1.807, 2.05) is 13.0 Å². The Kier molecular flexibility index (Phi) is 5.45. The van der Waals surface area contributed by atoms with Crippen LogP contribution in [-0.4, -0.2) is 11.9 Å². The summed E-state index contributed by atoms with van der Waals surface area (Å²) in [6, 6.07) is 4.92. The van der Waals surface area contributed by atoms with Gasteiger partial charge in [0.25, 0.3) is 0 Å². The second kappa shape index (κ2) is 6.62. The highest BCUT2D eigenvalue weighted by Gasteiger charge is 2.13. The number of rotatable bonds is 5. The van der Waals surface area contributed by atoms with Gasteiger partial charge in [0.2, 0.25) is 5.91 Å². The van der Waals surface area contributed by atoms with Crippen LogP contribution in [0.3, 0.4) is 0 Å². The average Bonchev–Trinajstić information content (AvgIpc) is 2.29. The molecule has 1 aromatic rings. The van der Waals surface area contributed by atoms with Gasteiger partial charge in [0.05, 0.1) is 6.04 Å². The largest absolute Gasteiger partial charge is 0.324 e. The van der Waals surface area contributed by atoms with Crippen molar-refractivity contribution >= 4 is 23.2 Å². The topological polar surface area (TPSA) is 55.1 Å². The first-order valence-electron chi connectivity index (χ1n) is 5.87. The smallest absolute Gasteiger partial charge is 0.241 e. The Morgan fingerprint density at radius 3 is 2.82 bits per heavy atom. The molecule has 1 aromatic carbocycles. The standard InChI is InChI=1S/C13H19ClN2O/c1-3-4-5-11(15)13(17)16-12-7-6-10(14)8-9(12)2/h6-8,11H,3-5,15H2,1-2H3,(H,16,17). The zero-order valence-electron chi connectivity index (χ0n) is 10.3. The van der Waals surface area contributed by atoms with Crippen LogP contribution in [0.2, 0.25) is 5.02 Å². The maximum absolute atomic E-state index is 11.8. The van der Waals surface area contributed by atoms with Crippen molar-refractivity contribution in [2.45, 2.75) is 39.2 Å². The molecule has 1 amide bonds. The van der Waals surface area contributed by atoms with Crippen LogP contribution >= 0.6 is 11.6 Å². The predicted octanol–water partition coefficient (Wildman–Crippen LogP) is 3.10. The van der Waals surface area contributed by atoms with Gasteiger partial charge in [0.1, 0.15) is 0 Å². The van der Waals surface area contributed by atoms with Crippen molar-refractivity contribution in [3.63, 3.8) is 0 Å². The molecule has 0 spiro atoms. The summed E-state index contributed by atoms with van der Waals surface area (Å²) in [6.45, 7) is 3.98. The summed E-state index contributed by atoms with van der Waals surface area (Å²) in [4.78, 5) is 11.8. The molecule has 0 bridgehead atoms. The molecular weight excluding hydrogens is 236 g/mol. The van der Waals surface area contributed by atoms with Crippen LogP contribution in [0, 0.1) is 6.92 Å². The summed E-state index contributed by atoms with van der Waals surface area (Å²) >= 11 is 5.85. The molecule has 0 heterocycles. The summed E-state index contributed by atoms with van der Waals surface area (Å²) in [7, 11) is 0. The normalized spacial score (nSPS) is 12.2. The van der Waals surface area contributed by atoms with E-state index in [0.717, 1.165) is 30.5 Å². The molecule has 94 valence electrons. The first-order chi connectivity index (χ1) is 8.04. The summed E-state index contributed by atoms with van der Waals surface area (Å²) < 4.78 is 0. The van der Waals surface area contributed by atoms with Gasteiger partial charge in [-0.1, -0.05) is 31.4 Å². The molecule has 0 aliphatic carbocycles. The van der Waals surface area contributed by atoms with E-state index in [-0.39, 0.29) is 5.91 Å². The number of carbonyl (C=O) groups is 1. The minimum absolute atomic E-state index is 0.135. The van der Waals surface area contributed by atoms with E-state index in [4.69, 9.17) is 17.3 Å².